The standard InChI is InChI=1S/C32H34N2O6/c1-3-25(33-31(37)23-7-5-4-6-8-23)18-20-40-29-15-11-22(12-16-30(35)36)28-21-34(19-17-27(28)29)32(38)24-9-13-26(39-2)14-10-24/h3-11,13-15H,12,16-21H2,1-2H3,(H,33,37)(H,35,36)/b25-3+. The van der Waals surface area contributed by atoms with Gasteiger partial charge in [-0.25, -0.2) is 0 Å². The van der Waals surface area contributed by atoms with Gasteiger partial charge in [0.15, 0.2) is 0 Å². The van der Waals surface area contributed by atoms with Gasteiger partial charge in [0.25, 0.3) is 11.8 Å². The number of carboxylic acids is 1. The van der Waals surface area contributed by atoms with E-state index in [1.54, 1.807) is 48.4 Å². The number of hydrogen-bond acceptors (Lipinski definition) is 5. The van der Waals surface area contributed by atoms with Gasteiger partial charge < -0.3 is 24.8 Å². The van der Waals surface area contributed by atoms with Gasteiger partial charge in [-0.15, -0.1) is 0 Å². The predicted molar refractivity (Wildman–Crippen MR) is 152 cm³/mol. The summed E-state index contributed by atoms with van der Waals surface area (Å²) in [5, 5.41) is 12.2. The van der Waals surface area contributed by atoms with Crippen LogP contribution >= 0.6 is 0 Å². The third kappa shape index (κ3) is 7.08. The highest BCUT2D eigenvalue weighted by atomic mass is 16.5. The summed E-state index contributed by atoms with van der Waals surface area (Å²) in [6.45, 7) is 3.11. The third-order valence-electron chi connectivity index (χ3n) is 6.99. The average molecular weight is 543 g/mol. The summed E-state index contributed by atoms with van der Waals surface area (Å²) in [6, 6.07) is 19.8. The Balaban J connectivity index is 1.47. The number of amides is 2. The molecule has 2 amide bonds. The van der Waals surface area contributed by atoms with Crippen molar-refractivity contribution in [2.24, 2.45) is 0 Å². The lowest BCUT2D eigenvalue weighted by atomic mass is 9.91. The van der Waals surface area contributed by atoms with E-state index in [4.69, 9.17) is 9.47 Å². The van der Waals surface area contributed by atoms with E-state index in [-0.39, 0.29) is 18.2 Å². The third-order valence-corrected chi connectivity index (χ3v) is 6.99. The largest absolute Gasteiger partial charge is 0.497 e. The van der Waals surface area contributed by atoms with Crippen LogP contribution in [0.15, 0.2) is 78.5 Å². The summed E-state index contributed by atoms with van der Waals surface area (Å²) in [5.41, 5.74) is 4.76. The molecule has 40 heavy (non-hydrogen) atoms. The number of rotatable bonds is 11. The maximum Gasteiger partial charge on any atom is 0.303 e. The molecule has 0 aliphatic carbocycles. The van der Waals surface area contributed by atoms with Gasteiger partial charge in [-0.1, -0.05) is 30.3 Å². The molecule has 208 valence electrons. The minimum absolute atomic E-state index is 0.00480. The molecule has 4 rings (SSSR count). The average Bonchev–Trinajstić information content (AvgIpc) is 2.99. The summed E-state index contributed by atoms with van der Waals surface area (Å²) < 4.78 is 11.4. The molecule has 3 aromatic rings. The lowest BCUT2D eigenvalue weighted by molar-refractivity contribution is -0.136. The quantitative estimate of drug-likeness (QED) is 0.353. The van der Waals surface area contributed by atoms with Crippen molar-refractivity contribution < 1.29 is 29.0 Å². The summed E-state index contributed by atoms with van der Waals surface area (Å²) in [5.74, 6) is 0.271. The van der Waals surface area contributed by atoms with Crippen molar-refractivity contribution in [2.75, 3.05) is 20.3 Å². The molecule has 1 aliphatic heterocycles. The van der Waals surface area contributed by atoms with Crippen LogP contribution < -0.4 is 14.8 Å². The fraction of sp³-hybridized carbons (Fsp3) is 0.281. The fourth-order valence-electron chi connectivity index (χ4n) is 4.77. The van der Waals surface area contributed by atoms with Gasteiger partial charge in [0.05, 0.1) is 13.7 Å². The molecule has 0 saturated carbocycles. The maximum atomic E-state index is 13.3. The highest BCUT2D eigenvalue weighted by Crippen LogP contribution is 2.32. The zero-order valence-corrected chi connectivity index (χ0v) is 22.8. The zero-order chi connectivity index (χ0) is 28.5. The van der Waals surface area contributed by atoms with Crippen LogP contribution in [0.3, 0.4) is 0 Å². The second-order valence-electron chi connectivity index (χ2n) is 9.51. The van der Waals surface area contributed by atoms with Crippen LogP contribution in [0, 0.1) is 0 Å². The summed E-state index contributed by atoms with van der Waals surface area (Å²) in [7, 11) is 1.58. The first-order valence-electron chi connectivity index (χ1n) is 13.3. The van der Waals surface area contributed by atoms with E-state index in [2.05, 4.69) is 5.32 Å². The SMILES string of the molecule is C/C=C(\CCOc1ccc(CCC(=O)O)c2c1CCN(C(=O)c1ccc(OC)cc1)C2)NC(=O)c1ccccc1. The van der Waals surface area contributed by atoms with Crippen molar-refractivity contribution >= 4 is 17.8 Å². The van der Waals surface area contributed by atoms with Crippen molar-refractivity contribution in [3.63, 3.8) is 0 Å². The predicted octanol–water partition coefficient (Wildman–Crippen LogP) is 5.01. The van der Waals surface area contributed by atoms with Crippen molar-refractivity contribution in [2.45, 2.75) is 39.2 Å². The van der Waals surface area contributed by atoms with Crippen molar-refractivity contribution in [3.8, 4) is 11.5 Å². The lowest BCUT2D eigenvalue weighted by Gasteiger charge is -2.32. The van der Waals surface area contributed by atoms with Crippen LogP contribution in [0.1, 0.15) is 57.2 Å². The Bertz CT molecular complexity index is 1380. The van der Waals surface area contributed by atoms with Crippen molar-refractivity contribution in [1.82, 2.24) is 10.2 Å². The topological polar surface area (TPSA) is 105 Å². The number of carbonyl (C=O) groups excluding carboxylic acids is 2. The molecule has 3 aromatic carbocycles. The monoisotopic (exact) mass is 542 g/mol. The molecule has 0 unspecified atom stereocenters. The number of allylic oxidation sites excluding steroid dienone is 1. The number of methoxy groups -OCH3 is 1. The smallest absolute Gasteiger partial charge is 0.303 e. The van der Waals surface area contributed by atoms with E-state index in [1.165, 1.54) is 0 Å². The van der Waals surface area contributed by atoms with E-state index in [0.717, 1.165) is 28.1 Å². The van der Waals surface area contributed by atoms with E-state index in [9.17, 15) is 19.5 Å². The molecule has 1 heterocycles. The number of benzene rings is 3. The molecule has 0 bridgehead atoms. The van der Waals surface area contributed by atoms with Gasteiger partial charge in [0.1, 0.15) is 11.5 Å². The number of aryl methyl sites for hydroxylation is 1. The Morgan fingerprint density at radius 1 is 0.950 bits per heavy atom. The molecule has 0 spiro atoms. The second kappa shape index (κ2) is 13.5. The second-order valence-corrected chi connectivity index (χ2v) is 9.51. The highest BCUT2D eigenvalue weighted by Gasteiger charge is 2.26. The van der Waals surface area contributed by atoms with Gasteiger partial charge in [-0.3, -0.25) is 14.4 Å². The first kappa shape index (κ1) is 28.4. The number of aliphatic carboxylic acids is 1. The number of ether oxygens (including phenoxy) is 2. The minimum Gasteiger partial charge on any atom is -0.497 e. The molecular formula is C32H34N2O6. The molecule has 1 aliphatic rings. The normalized spacial score (nSPS) is 12.8. The first-order valence-corrected chi connectivity index (χ1v) is 13.3. The minimum atomic E-state index is -0.868. The van der Waals surface area contributed by atoms with Crippen LogP contribution in [0.4, 0.5) is 0 Å². The highest BCUT2D eigenvalue weighted by molar-refractivity contribution is 5.95. The number of fused-ring (bicyclic) bond motifs is 1. The molecular weight excluding hydrogens is 508 g/mol. The number of carbonyl (C=O) groups is 3. The Labute approximate surface area is 234 Å². The van der Waals surface area contributed by atoms with Crippen LogP contribution in [0.5, 0.6) is 11.5 Å². The van der Waals surface area contributed by atoms with Crippen molar-refractivity contribution in [3.05, 3.63) is 106 Å². The Morgan fingerprint density at radius 2 is 1.70 bits per heavy atom. The number of nitrogens with one attached hydrogen (secondary N) is 1. The van der Waals surface area contributed by atoms with E-state index in [1.807, 2.05) is 43.3 Å². The number of nitrogens with zero attached hydrogens (tertiary/aromatic N) is 1. The molecule has 2 N–H and O–H groups in total. The summed E-state index contributed by atoms with van der Waals surface area (Å²) >= 11 is 0. The van der Waals surface area contributed by atoms with E-state index in [0.29, 0.717) is 55.8 Å². The molecule has 8 heteroatoms. The van der Waals surface area contributed by atoms with E-state index < -0.39 is 5.97 Å². The Morgan fingerprint density at radius 3 is 2.38 bits per heavy atom. The number of hydrogen-bond donors (Lipinski definition) is 2. The van der Waals surface area contributed by atoms with Crippen LogP contribution in [0.2, 0.25) is 0 Å². The first-order chi connectivity index (χ1) is 19.4. The zero-order valence-electron chi connectivity index (χ0n) is 22.8. The lowest BCUT2D eigenvalue weighted by Crippen LogP contribution is -2.36. The fourth-order valence-corrected chi connectivity index (χ4v) is 4.77. The molecule has 0 atom stereocenters. The molecule has 0 saturated heterocycles. The van der Waals surface area contributed by atoms with Gasteiger partial charge in [0.2, 0.25) is 0 Å². The number of carboxylic acid groups (broad SMARTS) is 1. The van der Waals surface area contributed by atoms with E-state index >= 15 is 0 Å². The van der Waals surface area contributed by atoms with Crippen molar-refractivity contribution in [1.29, 1.82) is 0 Å². The van der Waals surface area contributed by atoms with Gasteiger partial charge >= 0.3 is 5.97 Å². The summed E-state index contributed by atoms with van der Waals surface area (Å²) in [6.07, 6.45) is 3.33. The summed E-state index contributed by atoms with van der Waals surface area (Å²) in [4.78, 5) is 38.9. The van der Waals surface area contributed by atoms with Gasteiger partial charge in [0, 0.05) is 48.3 Å². The molecule has 0 radical (unpaired) electrons. The Hall–Kier alpha value is -4.59. The molecule has 0 fully saturated rings. The van der Waals surface area contributed by atoms with Crippen LogP contribution in [-0.2, 0) is 24.2 Å². The maximum absolute atomic E-state index is 13.3. The van der Waals surface area contributed by atoms with Gasteiger partial charge in [-0.2, -0.15) is 0 Å². The molecule has 8 nitrogen and oxygen atoms in total. The molecule has 0 aromatic heterocycles. The van der Waals surface area contributed by atoms with Gasteiger partial charge in [-0.05, 0) is 73.4 Å². The van der Waals surface area contributed by atoms with Crippen LogP contribution in [0.25, 0.3) is 0 Å². The Kier molecular flexibility index (Phi) is 9.57. The van der Waals surface area contributed by atoms with Crippen LogP contribution in [-0.4, -0.2) is 48.1 Å².